The molecule has 41 heavy (non-hydrogen) atoms. The van der Waals surface area contributed by atoms with Gasteiger partial charge in [0.2, 0.25) is 11.8 Å². The van der Waals surface area contributed by atoms with Crippen LogP contribution >= 0.6 is 0 Å². The maximum Gasteiger partial charge on any atom is 0.224 e. The minimum atomic E-state index is 0.0643. The number of nitrogens with zero attached hydrogens (tertiary/aromatic N) is 1. The van der Waals surface area contributed by atoms with Crippen LogP contribution in [0.4, 0.5) is 0 Å². The summed E-state index contributed by atoms with van der Waals surface area (Å²) in [6.45, 7) is 8.03. The van der Waals surface area contributed by atoms with E-state index >= 15 is 0 Å². The highest BCUT2D eigenvalue weighted by molar-refractivity contribution is 5.90. The van der Waals surface area contributed by atoms with Crippen molar-refractivity contribution in [1.29, 1.82) is 0 Å². The number of rotatable bonds is 17. The van der Waals surface area contributed by atoms with Gasteiger partial charge >= 0.3 is 0 Å². The van der Waals surface area contributed by atoms with Gasteiger partial charge in [-0.1, -0.05) is 55.3 Å². The van der Waals surface area contributed by atoms with Crippen molar-refractivity contribution in [3.05, 3.63) is 48.0 Å². The predicted molar refractivity (Wildman–Crippen MR) is 169 cm³/mol. The molecule has 4 N–H and O–H groups in total. The quantitative estimate of drug-likeness (QED) is 0.215. The van der Waals surface area contributed by atoms with Crippen LogP contribution < -0.4 is 21.3 Å². The molecule has 2 aromatic rings. The number of fused-ring (bicyclic) bond motifs is 1. The van der Waals surface area contributed by atoms with Gasteiger partial charge in [-0.3, -0.25) is 9.59 Å². The molecular weight excluding hydrogens is 510 g/mol. The zero-order valence-electron chi connectivity index (χ0n) is 25.1. The van der Waals surface area contributed by atoms with E-state index < -0.39 is 0 Å². The number of hydrogen-bond acceptors (Lipinski definition) is 5. The molecule has 1 atom stereocenters. The first kappa shape index (κ1) is 31.5. The van der Waals surface area contributed by atoms with Gasteiger partial charge in [-0.05, 0) is 99.8 Å². The molecule has 2 amide bonds. The van der Waals surface area contributed by atoms with Gasteiger partial charge in [-0.2, -0.15) is 0 Å². The average molecular weight is 564 g/mol. The fourth-order valence-corrected chi connectivity index (χ4v) is 6.21. The largest absolute Gasteiger partial charge is 0.356 e. The van der Waals surface area contributed by atoms with E-state index in [0.29, 0.717) is 37.3 Å². The lowest BCUT2D eigenvalue weighted by Crippen LogP contribution is -2.42. The van der Waals surface area contributed by atoms with Crippen molar-refractivity contribution in [3.63, 3.8) is 0 Å². The fourth-order valence-electron chi connectivity index (χ4n) is 6.21. The third-order valence-corrected chi connectivity index (χ3v) is 8.78. The molecule has 0 spiro atoms. The smallest absolute Gasteiger partial charge is 0.224 e. The average Bonchev–Trinajstić information content (AvgIpc) is 3.01. The number of hydrogen-bond donors (Lipinski definition) is 4. The van der Waals surface area contributed by atoms with Gasteiger partial charge < -0.3 is 26.2 Å². The molecule has 7 nitrogen and oxygen atoms in total. The van der Waals surface area contributed by atoms with E-state index in [9.17, 15) is 9.59 Å². The van der Waals surface area contributed by atoms with Crippen molar-refractivity contribution < 1.29 is 9.59 Å². The zero-order chi connectivity index (χ0) is 28.5. The molecule has 7 heteroatoms. The van der Waals surface area contributed by atoms with Crippen molar-refractivity contribution in [2.45, 2.75) is 83.1 Å². The van der Waals surface area contributed by atoms with Crippen molar-refractivity contribution in [3.8, 4) is 0 Å². The molecule has 0 radical (unpaired) electrons. The van der Waals surface area contributed by atoms with Crippen molar-refractivity contribution in [2.75, 3.05) is 52.4 Å². The van der Waals surface area contributed by atoms with Crippen molar-refractivity contribution in [2.24, 2.45) is 5.92 Å². The Morgan fingerprint density at radius 3 is 2.37 bits per heavy atom. The van der Waals surface area contributed by atoms with E-state index in [4.69, 9.17) is 0 Å². The van der Waals surface area contributed by atoms with E-state index in [2.05, 4.69) is 44.4 Å². The highest BCUT2D eigenvalue weighted by Crippen LogP contribution is 2.19. The molecule has 4 rings (SSSR count). The SMILES string of the molecule is O=C(Cc1cccc2ccccc12)NCCCCCC(=O)N1CCC(CNCCCCNCC2CCCCN2)CC1. The molecule has 226 valence electrons. The molecule has 0 aromatic heterocycles. The summed E-state index contributed by atoms with van der Waals surface area (Å²) in [4.78, 5) is 27.2. The number of benzene rings is 2. The lowest BCUT2D eigenvalue weighted by molar-refractivity contribution is -0.132. The van der Waals surface area contributed by atoms with Crippen LogP contribution in [0.15, 0.2) is 42.5 Å². The molecule has 1 unspecified atom stereocenters. The summed E-state index contributed by atoms with van der Waals surface area (Å²) >= 11 is 0. The summed E-state index contributed by atoms with van der Waals surface area (Å²) in [5.41, 5.74) is 1.07. The van der Waals surface area contributed by atoms with Crippen molar-refractivity contribution >= 4 is 22.6 Å². The minimum Gasteiger partial charge on any atom is -0.356 e. The lowest BCUT2D eigenvalue weighted by Gasteiger charge is -2.32. The second kappa shape index (κ2) is 18.1. The number of carbonyl (C=O) groups excluding carboxylic acids is 2. The van der Waals surface area contributed by atoms with Crippen LogP contribution in [0.2, 0.25) is 0 Å². The Kier molecular flexibility index (Phi) is 13.9. The highest BCUT2D eigenvalue weighted by Gasteiger charge is 2.22. The molecule has 2 aromatic carbocycles. The molecule has 2 aliphatic heterocycles. The Balaban J connectivity index is 0.954. The second-order valence-electron chi connectivity index (χ2n) is 12.1. The fraction of sp³-hybridized carbons (Fsp3) is 0.647. The summed E-state index contributed by atoms with van der Waals surface area (Å²) in [6.07, 6.45) is 12.5. The van der Waals surface area contributed by atoms with Crippen LogP contribution in [-0.2, 0) is 16.0 Å². The van der Waals surface area contributed by atoms with Gasteiger partial charge in [0.05, 0.1) is 6.42 Å². The summed E-state index contributed by atoms with van der Waals surface area (Å²) in [6, 6.07) is 15.0. The Labute approximate surface area is 247 Å². The van der Waals surface area contributed by atoms with Gasteiger partial charge in [0, 0.05) is 38.6 Å². The number of amides is 2. The van der Waals surface area contributed by atoms with Gasteiger partial charge in [-0.25, -0.2) is 0 Å². The van der Waals surface area contributed by atoms with Crippen LogP contribution in [0.25, 0.3) is 10.8 Å². The van der Waals surface area contributed by atoms with Gasteiger partial charge in [0.1, 0.15) is 0 Å². The first-order chi connectivity index (χ1) is 20.2. The third-order valence-electron chi connectivity index (χ3n) is 8.78. The maximum absolute atomic E-state index is 12.7. The summed E-state index contributed by atoms with van der Waals surface area (Å²) in [5.74, 6) is 1.05. The standard InChI is InChI=1S/C34H53N5O2/c40-33(25-30-13-10-12-29-11-3-4-15-32(29)30)38-22-6-1-2-16-34(41)39-23-17-28(18-24-39)26-35-19-8-9-20-36-27-31-14-5-7-21-37-31/h3-4,10-13,15,28,31,35-37H,1-2,5-9,14,16-27H2,(H,38,40). The Morgan fingerprint density at radius 2 is 1.56 bits per heavy atom. The van der Waals surface area contributed by atoms with Crippen LogP contribution in [0.5, 0.6) is 0 Å². The number of nitrogens with one attached hydrogen (secondary N) is 4. The monoisotopic (exact) mass is 563 g/mol. The third kappa shape index (κ3) is 11.4. The minimum absolute atomic E-state index is 0.0643. The Hall–Kier alpha value is -2.48. The summed E-state index contributed by atoms with van der Waals surface area (Å²) in [5, 5.41) is 16.2. The lowest BCUT2D eigenvalue weighted by atomic mass is 9.96. The normalized spacial score (nSPS) is 18.0. The molecule has 2 fully saturated rings. The molecule has 2 saturated heterocycles. The second-order valence-corrected chi connectivity index (χ2v) is 12.1. The van der Waals surface area contributed by atoms with Gasteiger partial charge in [0.15, 0.2) is 0 Å². The topological polar surface area (TPSA) is 85.5 Å². The first-order valence-corrected chi connectivity index (χ1v) is 16.3. The van der Waals surface area contributed by atoms with Crippen molar-refractivity contribution in [1.82, 2.24) is 26.2 Å². The Bertz CT molecular complexity index is 1040. The van der Waals surface area contributed by atoms with Gasteiger partial charge in [-0.15, -0.1) is 0 Å². The summed E-state index contributed by atoms with van der Waals surface area (Å²) in [7, 11) is 0. The molecule has 0 saturated carbocycles. The van der Waals surface area contributed by atoms with E-state index in [1.165, 1.54) is 44.0 Å². The number of piperidine rings is 2. The van der Waals surface area contributed by atoms with E-state index in [-0.39, 0.29) is 5.91 Å². The molecular formula is C34H53N5O2. The van der Waals surface area contributed by atoms with Crippen LogP contribution in [0, 0.1) is 5.92 Å². The molecule has 2 aliphatic rings. The molecule has 2 heterocycles. The Morgan fingerprint density at radius 1 is 0.805 bits per heavy atom. The highest BCUT2D eigenvalue weighted by atomic mass is 16.2. The molecule has 0 bridgehead atoms. The first-order valence-electron chi connectivity index (χ1n) is 16.3. The van der Waals surface area contributed by atoms with Crippen LogP contribution in [0.1, 0.15) is 76.2 Å². The van der Waals surface area contributed by atoms with E-state index in [1.54, 1.807) is 0 Å². The maximum atomic E-state index is 12.7. The molecule has 0 aliphatic carbocycles. The predicted octanol–water partition coefficient (Wildman–Crippen LogP) is 4.40. The van der Waals surface area contributed by atoms with E-state index in [0.717, 1.165) is 82.3 Å². The van der Waals surface area contributed by atoms with Gasteiger partial charge in [0.25, 0.3) is 0 Å². The van der Waals surface area contributed by atoms with Crippen LogP contribution in [0.3, 0.4) is 0 Å². The number of carbonyl (C=O) groups is 2. The van der Waals surface area contributed by atoms with E-state index in [1.807, 2.05) is 24.3 Å². The zero-order valence-corrected chi connectivity index (χ0v) is 25.1. The summed E-state index contributed by atoms with van der Waals surface area (Å²) < 4.78 is 0. The number of likely N-dealkylation sites (tertiary alicyclic amines) is 1. The number of unbranched alkanes of at least 4 members (excludes halogenated alkanes) is 3. The van der Waals surface area contributed by atoms with Crippen LogP contribution in [-0.4, -0.2) is 75.1 Å².